The Kier molecular flexibility index (Phi) is 5.31. The largest absolute Gasteiger partial charge is 0.365 e. The van der Waals surface area contributed by atoms with Crippen molar-refractivity contribution in [2.24, 2.45) is 5.73 Å². The molecule has 31 heavy (non-hydrogen) atoms. The van der Waals surface area contributed by atoms with Crippen LogP contribution in [0.1, 0.15) is 32.1 Å². The number of nitrogens with one attached hydrogen (secondary N) is 1. The summed E-state index contributed by atoms with van der Waals surface area (Å²) in [6.07, 6.45) is 0. The zero-order valence-corrected chi connectivity index (χ0v) is 17.5. The molecule has 9 heteroatoms. The molecule has 2 amide bonds. The summed E-state index contributed by atoms with van der Waals surface area (Å²) in [5, 5.41) is 11.4. The minimum absolute atomic E-state index is 0.0424. The predicted molar refractivity (Wildman–Crippen MR) is 116 cm³/mol. The Hall–Kier alpha value is -3.91. The maximum absolute atomic E-state index is 12.6. The molecule has 0 saturated heterocycles. The van der Waals surface area contributed by atoms with E-state index in [2.05, 4.69) is 15.6 Å². The minimum atomic E-state index is -0.794. The third kappa shape index (κ3) is 3.69. The zero-order chi connectivity index (χ0) is 22.1. The van der Waals surface area contributed by atoms with Crippen molar-refractivity contribution >= 4 is 29.3 Å². The molecular weight excluding hydrogens is 418 g/mol. The van der Waals surface area contributed by atoms with Gasteiger partial charge in [-0.3, -0.25) is 14.9 Å². The van der Waals surface area contributed by atoms with Gasteiger partial charge in [-0.1, -0.05) is 47.1 Å². The second-order valence-corrected chi connectivity index (χ2v) is 7.23. The van der Waals surface area contributed by atoms with Crippen LogP contribution in [0.2, 0.25) is 5.02 Å². The monoisotopic (exact) mass is 435 g/mol. The number of nitrogens with zero attached hydrogens (tertiary/aromatic N) is 3. The summed E-state index contributed by atoms with van der Waals surface area (Å²) in [5.74, 6) is -1.50. The van der Waals surface area contributed by atoms with Gasteiger partial charge in [0.25, 0.3) is 11.8 Å². The van der Waals surface area contributed by atoms with Crippen LogP contribution in [0.25, 0.3) is 16.9 Å². The molecule has 0 saturated carbocycles. The van der Waals surface area contributed by atoms with Crippen LogP contribution in [0.4, 0.5) is 5.88 Å². The van der Waals surface area contributed by atoms with Gasteiger partial charge in [0.15, 0.2) is 0 Å². The summed E-state index contributed by atoms with van der Waals surface area (Å²) < 4.78 is 7.05. The average molecular weight is 436 g/mol. The zero-order valence-electron chi connectivity index (χ0n) is 16.7. The van der Waals surface area contributed by atoms with E-state index in [-0.39, 0.29) is 27.7 Å². The lowest BCUT2D eigenvalue weighted by Gasteiger charge is -2.06. The molecule has 0 aliphatic heterocycles. The molecule has 0 aliphatic carbocycles. The molecule has 0 aliphatic rings. The van der Waals surface area contributed by atoms with Crippen LogP contribution >= 0.6 is 11.6 Å². The van der Waals surface area contributed by atoms with E-state index in [1.807, 2.05) is 37.3 Å². The molecule has 8 nitrogen and oxygen atoms in total. The van der Waals surface area contributed by atoms with Gasteiger partial charge in [0, 0.05) is 5.56 Å². The highest BCUT2D eigenvalue weighted by Crippen LogP contribution is 2.34. The molecule has 0 bridgehead atoms. The third-order valence-electron chi connectivity index (χ3n) is 4.81. The number of aryl methyl sites for hydroxylation is 1. The van der Waals surface area contributed by atoms with E-state index < -0.39 is 11.8 Å². The van der Waals surface area contributed by atoms with Crippen molar-refractivity contribution in [3.63, 3.8) is 0 Å². The maximum atomic E-state index is 12.6. The SMILES string of the molecule is Cc1nn(-c2ccccc2)c(C)c1-c1noc(NC(=O)c2ccccc2Cl)c1C(N)=O. The van der Waals surface area contributed by atoms with Gasteiger partial charge in [-0.2, -0.15) is 5.10 Å². The Morgan fingerprint density at radius 2 is 1.74 bits per heavy atom. The van der Waals surface area contributed by atoms with Gasteiger partial charge >= 0.3 is 0 Å². The Bertz CT molecular complexity index is 1290. The van der Waals surface area contributed by atoms with Gasteiger partial charge in [-0.05, 0) is 38.1 Å². The quantitative estimate of drug-likeness (QED) is 0.488. The molecule has 0 atom stereocenters. The van der Waals surface area contributed by atoms with Crippen LogP contribution in [0.15, 0.2) is 59.1 Å². The second-order valence-electron chi connectivity index (χ2n) is 6.83. The summed E-state index contributed by atoms with van der Waals surface area (Å²) in [7, 11) is 0. The first-order valence-corrected chi connectivity index (χ1v) is 9.73. The number of aromatic nitrogens is 3. The summed E-state index contributed by atoms with van der Waals surface area (Å²) in [6, 6.07) is 16.1. The van der Waals surface area contributed by atoms with E-state index in [1.54, 1.807) is 35.9 Å². The van der Waals surface area contributed by atoms with Gasteiger partial charge in [0.2, 0.25) is 5.88 Å². The van der Waals surface area contributed by atoms with Crippen molar-refractivity contribution < 1.29 is 14.1 Å². The number of nitrogens with two attached hydrogens (primary N) is 1. The Balaban J connectivity index is 1.77. The van der Waals surface area contributed by atoms with Crippen molar-refractivity contribution in [1.29, 1.82) is 0 Å². The van der Waals surface area contributed by atoms with E-state index in [0.717, 1.165) is 11.4 Å². The molecule has 2 aromatic heterocycles. The Morgan fingerprint density at radius 3 is 2.42 bits per heavy atom. The summed E-state index contributed by atoms with van der Waals surface area (Å²) in [4.78, 5) is 24.9. The molecule has 0 radical (unpaired) electrons. The van der Waals surface area contributed by atoms with Crippen molar-refractivity contribution in [3.8, 4) is 16.9 Å². The minimum Gasteiger partial charge on any atom is -0.365 e. The van der Waals surface area contributed by atoms with Gasteiger partial charge in [0.05, 0.1) is 27.7 Å². The van der Waals surface area contributed by atoms with E-state index in [1.165, 1.54) is 0 Å². The molecule has 0 spiro atoms. The lowest BCUT2D eigenvalue weighted by atomic mass is 10.0. The number of rotatable bonds is 5. The number of carbonyl (C=O) groups excluding carboxylic acids is 2. The van der Waals surface area contributed by atoms with Gasteiger partial charge in [0.1, 0.15) is 11.3 Å². The number of benzene rings is 2. The number of primary amides is 1. The number of hydrogen-bond donors (Lipinski definition) is 2. The number of para-hydroxylation sites is 1. The lowest BCUT2D eigenvalue weighted by Crippen LogP contribution is -2.18. The van der Waals surface area contributed by atoms with E-state index in [4.69, 9.17) is 21.9 Å². The molecule has 4 rings (SSSR count). The fourth-order valence-electron chi connectivity index (χ4n) is 3.40. The van der Waals surface area contributed by atoms with Crippen molar-refractivity contribution in [3.05, 3.63) is 82.1 Å². The summed E-state index contributed by atoms with van der Waals surface area (Å²) in [6.45, 7) is 3.65. The lowest BCUT2D eigenvalue weighted by molar-refractivity contribution is 0.100. The third-order valence-corrected chi connectivity index (χ3v) is 5.14. The standard InChI is InChI=1S/C22H18ClN5O3/c1-12-17(13(2)28(26-12)14-8-4-3-5-9-14)19-18(20(24)29)22(31-27-19)25-21(30)15-10-6-7-11-16(15)23/h3-11H,1-2H3,(H2,24,29)(H,25,30). The summed E-state index contributed by atoms with van der Waals surface area (Å²) in [5.41, 5.74) is 8.82. The number of amides is 2. The van der Waals surface area contributed by atoms with Crippen molar-refractivity contribution in [1.82, 2.24) is 14.9 Å². The van der Waals surface area contributed by atoms with Crippen LogP contribution in [-0.4, -0.2) is 26.8 Å². The normalized spacial score (nSPS) is 10.8. The van der Waals surface area contributed by atoms with Crippen LogP contribution in [0.5, 0.6) is 0 Å². The molecule has 3 N–H and O–H groups in total. The first-order valence-electron chi connectivity index (χ1n) is 9.36. The first-order chi connectivity index (χ1) is 14.9. The second kappa shape index (κ2) is 8.08. The maximum Gasteiger partial charge on any atom is 0.259 e. The van der Waals surface area contributed by atoms with Crippen LogP contribution in [-0.2, 0) is 0 Å². The highest BCUT2D eigenvalue weighted by Gasteiger charge is 2.28. The smallest absolute Gasteiger partial charge is 0.259 e. The highest BCUT2D eigenvalue weighted by molar-refractivity contribution is 6.34. The number of anilines is 1. The molecule has 2 heterocycles. The van der Waals surface area contributed by atoms with Crippen molar-refractivity contribution in [2.45, 2.75) is 13.8 Å². The van der Waals surface area contributed by atoms with E-state index >= 15 is 0 Å². The first kappa shape index (κ1) is 20.4. The Labute approximate surface area is 182 Å². The molecule has 156 valence electrons. The number of halogens is 1. The topological polar surface area (TPSA) is 116 Å². The fraction of sp³-hybridized carbons (Fsp3) is 0.0909. The van der Waals surface area contributed by atoms with Gasteiger partial charge in [-0.15, -0.1) is 0 Å². The van der Waals surface area contributed by atoms with Crippen LogP contribution in [0, 0.1) is 13.8 Å². The van der Waals surface area contributed by atoms with E-state index in [0.29, 0.717) is 11.3 Å². The van der Waals surface area contributed by atoms with Crippen LogP contribution in [0.3, 0.4) is 0 Å². The average Bonchev–Trinajstić information content (AvgIpc) is 3.28. The molecular formula is C22H18ClN5O3. The molecule has 0 unspecified atom stereocenters. The molecule has 0 fully saturated rings. The fourth-order valence-corrected chi connectivity index (χ4v) is 3.62. The molecule has 2 aromatic carbocycles. The van der Waals surface area contributed by atoms with Gasteiger partial charge in [-0.25, -0.2) is 4.68 Å². The predicted octanol–water partition coefficient (Wildman–Crippen LogP) is 4.15. The highest BCUT2D eigenvalue weighted by atomic mass is 35.5. The number of hydrogen-bond acceptors (Lipinski definition) is 5. The van der Waals surface area contributed by atoms with E-state index in [9.17, 15) is 9.59 Å². The van der Waals surface area contributed by atoms with Gasteiger partial charge < -0.3 is 10.3 Å². The summed E-state index contributed by atoms with van der Waals surface area (Å²) >= 11 is 6.08. The number of carbonyl (C=O) groups is 2. The molecule has 4 aromatic rings. The van der Waals surface area contributed by atoms with Crippen LogP contribution < -0.4 is 11.1 Å². The van der Waals surface area contributed by atoms with Crippen molar-refractivity contribution in [2.75, 3.05) is 5.32 Å². The Morgan fingerprint density at radius 1 is 1.06 bits per heavy atom.